The van der Waals surface area contributed by atoms with Gasteiger partial charge in [0, 0.05) is 32.2 Å². The van der Waals surface area contributed by atoms with Crippen LogP contribution in [-0.2, 0) is 9.59 Å². The lowest BCUT2D eigenvalue weighted by molar-refractivity contribution is -0.202. The summed E-state index contributed by atoms with van der Waals surface area (Å²) >= 11 is 0. The Kier molecular flexibility index (Phi) is 5.95. The molecule has 10 heteroatoms. The summed E-state index contributed by atoms with van der Waals surface area (Å²) in [6, 6.07) is -1.11. The van der Waals surface area contributed by atoms with Crippen LogP contribution >= 0.6 is 0 Å². The maximum Gasteiger partial charge on any atom is 0.402 e. The Balaban J connectivity index is 1.61. The van der Waals surface area contributed by atoms with E-state index in [1.54, 1.807) is 4.90 Å². The van der Waals surface area contributed by atoms with Crippen molar-refractivity contribution in [1.82, 2.24) is 20.7 Å². The van der Waals surface area contributed by atoms with E-state index >= 15 is 0 Å². The number of hydrazine groups is 1. The predicted octanol–water partition coefficient (Wildman–Crippen LogP) is 1.09. The fourth-order valence-electron chi connectivity index (χ4n) is 4.47. The number of rotatable bonds is 3. The minimum atomic E-state index is -4.67. The van der Waals surface area contributed by atoms with Gasteiger partial charge in [0.1, 0.15) is 6.17 Å². The van der Waals surface area contributed by atoms with Crippen LogP contribution in [-0.4, -0.2) is 72.7 Å². The molecule has 2 N–H and O–H groups in total. The largest absolute Gasteiger partial charge is 0.402 e. The second-order valence-electron chi connectivity index (χ2n) is 7.91. The zero-order chi connectivity index (χ0) is 19.8. The van der Waals surface area contributed by atoms with E-state index in [0.29, 0.717) is 25.9 Å². The van der Waals surface area contributed by atoms with Crippen molar-refractivity contribution in [2.75, 3.05) is 32.7 Å². The summed E-state index contributed by atoms with van der Waals surface area (Å²) in [7, 11) is 0. The van der Waals surface area contributed by atoms with Crippen molar-refractivity contribution in [3.8, 4) is 0 Å². The van der Waals surface area contributed by atoms with Gasteiger partial charge < -0.3 is 4.90 Å². The third kappa shape index (κ3) is 4.53. The second kappa shape index (κ2) is 7.90. The van der Waals surface area contributed by atoms with Crippen LogP contribution in [0.5, 0.6) is 0 Å². The van der Waals surface area contributed by atoms with Gasteiger partial charge in [0.05, 0.1) is 6.54 Å². The van der Waals surface area contributed by atoms with Crippen molar-refractivity contribution in [3.05, 3.63) is 0 Å². The summed E-state index contributed by atoms with van der Waals surface area (Å²) in [6.07, 6.45) is -3.74. The molecule has 2 heterocycles. The quantitative estimate of drug-likeness (QED) is 0.704. The van der Waals surface area contributed by atoms with Gasteiger partial charge in [-0.25, -0.2) is 9.82 Å². The lowest BCUT2D eigenvalue weighted by Crippen LogP contribution is -2.67. The molecule has 154 valence electrons. The number of alkyl halides is 4. The van der Waals surface area contributed by atoms with Gasteiger partial charge in [-0.2, -0.15) is 13.2 Å². The van der Waals surface area contributed by atoms with E-state index in [1.807, 2.05) is 12.3 Å². The number of piperazine rings is 1. The molecule has 1 saturated carbocycles. The average Bonchev–Trinajstić information content (AvgIpc) is 2.57. The monoisotopic (exact) mass is 394 g/mol. The maximum atomic E-state index is 13.5. The van der Waals surface area contributed by atoms with E-state index in [0.717, 1.165) is 6.42 Å². The van der Waals surface area contributed by atoms with Crippen LogP contribution in [0, 0.1) is 17.8 Å². The number of hydrogen-bond donors (Lipinski definition) is 2. The van der Waals surface area contributed by atoms with Crippen molar-refractivity contribution in [3.63, 3.8) is 0 Å². The molecule has 0 aromatic carbocycles. The summed E-state index contributed by atoms with van der Waals surface area (Å²) in [5.41, 5.74) is 4.51. The van der Waals surface area contributed by atoms with Crippen LogP contribution in [0.4, 0.5) is 17.6 Å². The molecule has 0 aromatic heterocycles. The molecule has 2 saturated heterocycles. The van der Waals surface area contributed by atoms with Crippen molar-refractivity contribution in [2.45, 2.75) is 44.6 Å². The molecule has 2 amide bonds. The summed E-state index contributed by atoms with van der Waals surface area (Å²) in [5, 5.41) is 0. The highest BCUT2D eigenvalue weighted by Gasteiger charge is 2.53. The van der Waals surface area contributed by atoms with Gasteiger partial charge in [0.25, 0.3) is 0 Å². The van der Waals surface area contributed by atoms with Gasteiger partial charge in [-0.1, -0.05) is 6.92 Å². The summed E-state index contributed by atoms with van der Waals surface area (Å²) < 4.78 is 53.4. The highest BCUT2D eigenvalue weighted by atomic mass is 19.4. The van der Waals surface area contributed by atoms with Crippen molar-refractivity contribution < 1.29 is 27.2 Å². The fourth-order valence-corrected chi connectivity index (χ4v) is 4.47. The van der Waals surface area contributed by atoms with Crippen molar-refractivity contribution in [1.29, 1.82) is 0 Å². The van der Waals surface area contributed by atoms with E-state index in [1.165, 1.54) is 4.90 Å². The number of carbonyl (C=O) groups excluding carboxylic acids is 2. The molecule has 5 unspecified atom stereocenters. The third-order valence-electron chi connectivity index (χ3n) is 6.10. The van der Waals surface area contributed by atoms with Crippen LogP contribution in [0.1, 0.15) is 26.2 Å². The molecule has 1 aliphatic carbocycles. The van der Waals surface area contributed by atoms with E-state index in [4.69, 9.17) is 0 Å². The Bertz CT molecular complexity index is 574. The molecular weight excluding hydrogens is 368 g/mol. The first-order valence-electron chi connectivity index (χ1n) is 9.42. The van der Waals surface area contributed by atoms with E-state index in [-0.39, 0.29) is 37.4 Å². The molecule has 0 spiro atoms. The second-order valence-corrected chi connectivity index (χ2v) is 7.91. The van der Waals surface area contributed by atoms with Crippen molar-refractivity contribution in [2.24, 2.45) is 17.8 Å². The molecule has 27 heavy (non-hydrogen) atoms. The first-order valence-corrected chi connectivity index (χ1v) is 9.42. The first-order chi connectivity index (χ1) is 12.7. The van der Waals surface area contributed by atoms with E-state index in [2.05, 4.69) is 5.43 Å². The lowest BCUT2D eigenvalue weighted by Gasteiger charge is -2.44. The van der Waals surface area contributed by atoms with Gasteiger partial charge in [-0.05, 0) is 31.1 Å². The SMILES string of the molecule is CC1CC(F)CCC1CN1CCN(C2CNNC(=O)C2C(F)(F)F)CC1=O. The Labute approximate surface area is 155 Å². The molecule has 3 aliphatic rings. The molecule has 3 fully saturated rings. The Hall–Kier alpha value is -1.42. The van der Waals surface area contributed by atoms with Crippen LogP contribution in [0.2, 0.25) is 0 Å². The molecule has 5 atom stereocenters. The molecular formula is C17H26F4N4O2. The zero-order valence-electron chi connectivity index (χ0n) is 15.3. The fraction of sp³-hybridized carbons (Fsp3) is 0.882. The zero-order valence-corrected chi connectivity index (χ0v) is 15.3. The smallest absolute Gasteiger partial charge is 0.340 e. The molecule has 6 nitrogen and oxygen atoms in total. The van der Waals surface area contributed by atoms with E-state index < -0.39 is 30.2 Å². The molecule has 0 radical (unpaired) electrons. The van der Waals surface area contributed by atoms with Gasteiger partial charge in [-0.15, -0.1) is 0 Å². The standard InChI is InChI=1S/C17H26F4N4O2/c1-10-6-12(18)3-2-11(10)8-25-5-4-24(9-14(25)26)13-7-22-23-16(27)15(13)17(19,20)21/h10-13,15,22H,2-9H2,1H3,(H,23,27). The summed E-state index contributed by atoms with van der Waals surface area (Å²) in [6.45, 7) is 2.90. The predicted molar refractivity (Wildman–Crippen MR) is 89.0 cm³/mol. The highest BCUT2D eigenvalue weighted by Crippen LogP contribution is 2.34. The maximum absolute atomic E-state index is 13.5. The highest BCUT2D eigenvalue weighted by molar-refractivity contribution is 5.81. The van der Waals surface area contributed by atoms with Gasteiger partial charge in [0.15, 0.2) is 5.92 Å². The van der Waals surface area contributed by atoms with Crippen LogP contribution in [0.15, 0.2) is 0 Å². The Morgan fingerprint density at radius 3 is 2.56 bits per heavy atom. The van der Waals surface area contributed by atoms with Crippen LogP contribution < -0.4 is 10.9 Å². The van der Waals surface area contributed by atoms with Crippen molar-refractivity contribution >= 4 is 11.8 Å². The van der Waals surface area contributed by atoms with Gasteiger partial charge >= 0.3 is 6.18 Å². The number of nitrogens with one attached hydrogen (secondary N) is 2. The topological polar surface area (TPSA) is 64.7 Å². The van der Waals surface area contributed by atoms with E-state index in [9.17, 15) is 27.2 Å². The van der Waals surface area contributed by atoms with Crippen LogP contribution in [0.25, 0.3) is 0 Å². The molecule has 3 rings (SSSR count). The minimum Gasteiger partial charge on any atom is -0.340 e. The van der Waals surface area contributed by atoms with Crippen LogP contribution in [0.3, 0.4) is 0 Å². The average molecular weight is 394 g/mol. The lowest BCUT2D eigenvalue weighted by atomic mass is 9.79. The first kappa shape index (κ1) is 20.3. The normalized spacial score (nSPS) is 36.6. The molecule has 0 aromatic rings. The number of carbonyl (C=O) groups is 2. The Morgan fingerprint density at radius 2 is 1.93 bits per heavy atom. The molecule has 2 aliphatic heterocycles. The summed E-state index contributed by atoms with van der Waals surface area (Å²) in [4.78, 5) is 27.4. The van der Waals surface area contributed by atoms with Gasteiger partial charge in [0.2, 0.25) is 11.8 Å². The number of amides is 2. The number of hydrogen-bond acceptors (Lipinski definition) is 4. The number of nitrogens with zero attached hydrogens (tertiary/aromatic N) is 2. The number of halogens is 4. The van der Waals surface area contributed by atoms with Gasteiger partial charge in [-0.3, -0.25) is 19.9 Å². The third-order valence-corrected chi connectivity index (χ3v) is 6.10. The molecule has 0 bridgehead atoms. The summed E-state index contributed by atoms with van der Waals surface area (Å²) in [5.74, 6) is -3.11. The Morgan fingerprint density at radius 1 is 1.19 bits per heavy atom. The minimum absolute atomic E-state index is 0.0687.